The number of fused-ring (bicyclic) bond motifs is 1. The van der Waals surface area contributed by atoms with Gasteiger partial charge in [0.15, 0.2) is 0 Å². The molecule has 6 heteroatoms. The highest BCUT2D eigenvalue weighted by Crippen LogP contribution is 2.20. The fourth-order valence-corrected chi connectivity index (χ4v) is 2.79. The SMILES string of the molecule is CCc1nc2ccc(C(=O)O)cc2n1N1CCN(C)CC1. The zero-order valence-electron chi connectivity index (χ0n) is 12.4. The number of aromatic carboxylic acids is 1. The van der Waals surface area contributed by atoms with Gasteiger partial charge in [0, 0.05) is 32.6 Å². The Bertz CT molecular complexity index is 672. The molecule has 1 aromatic carbocycles. The molecule has 1 fully saturated rings. The lowest BCUT2D eigenvalue weighted by atomic mass is 10.2. The van der Waals surface area contributed by atoms with E-state index in [1.54, 1.807) is 18.2 Å². The first-order valence-electron chi connectivity index (χ1n) is 7.28. The van der Waals surface area contributed by atoms with Crippen molar-refractivity contribution in [2.45, 2.75) is 13.3 Å². The van der Waals surface area contributed by atoms with Gasteiger partial charge in [-0.3, -0.25) is 0 Å². The molecule has 0 spiro atoms. The summed E-state index contributed by atoms with van der Waals surface area (Å²) in [4.78, 5) is 18.1. The van der Waals surface area contributed by atoms with Gasteiger partial charge in [0.1, 0.15) is 5.82 Å². The largest absolute Gasteiger partial charge is 0.478 e. The van der Waals surface area contributed by atoms with Gasteiger partial charge >= 0.3 is 5.97 Å². The Kier molecular flexibility index (Phi) is 3.55. The first-order chi connectivity index (χ1) is 10.1. The number of carbonyl (C=O) groups is 1. The van der Waals surface area contributed by atoms with Crippen LogP contribution in [0.4, 0.5) is 0 Å². The van der Waals surface area contributed by atoms with Crippen LogP contribution in [0.25, 0.3) is 11.0 Å². The van der Waals surface area contributed by atoms with Crippen LogP contribution in [0.15, 0.2) is 18.2 Å². The number of carboxylic acid groups (broad SMARTS) is 1. The molecule has 0 bridgehead atoms. The summed E-state index contributed by atoms with van der Waals surface area (Å²) >= 11 is 0. The maximum atomic E-state index is 11.2. The first-order valence-corrected chi connectivity index (χ1v) is 7.28. The number of piperazine rings is 1. The highest BCUT2D eigenvalue weighted by molar-refractivity contribution is 5.92. The van der Waals surface area contributed by atoms with Crippen molar-refractivity contribution >= 4 is 17.0 Å². The van der Waals surface area contributed by atoms with Crippen molar-refractivity contribution in [1.29, 1.82) is 0 Å². The molecule has 0 aliphatic carbocycles. The highest BCUT2D eigenvalue weighted by Gasteiger charge is 2.20. The van der Waals surface area contributed by atoms with Crippen LogP contribution in [-0.2, 0) is 6.42 Å². The molecule has 0 unspecified atom stereocenters. The van der Waals surface area contributed by atoms with Crippen molar-refractivity contribution in [3.63, 3.8) is 0 Å². The summed E-state index contributed by atoms with van der Waals surface area (Å²) in [6.45, 7) is 5.92. The Morgan fingerprint density at radius 1 is 1.29 bits per heavy atom. The minimum absolute atomic E-state index is 0.306. The number of imidazole rings is 1. The predicted octanol–water partition coefficient (Wildman–Crippen LogP) is 1.18. The van der Waals surface area contributed by atoms with Gasteiger partial charge in [-0.05, 0) is 25.2 Å². The quantitative estimate of drug-likeness (QED) is 0.919. The number of aryl methyl sites for hydroxylation is 1. The van der Waals surface area contributed by atoms with Crippen LogP contribution in [-0.4, -0.2) is 58.9 Å². The molecule has 1 aromatic heterocycles. The second-order valence-electron chi connectivity index (χ2n) is 5.46. The zero-order chi connectivity index (χ0) is 15.0. The number of aromatic nitrogens is 2. The number of hydrogen-bond donors (Lipinski definition) is 1. The van der Waals surface area contributed by atoms with Gasteiger partial charge in [0.05, 0.1) is 16.6 Å². The Balaban J connectivity index is 2.09. The number of hydrogen-bond acceptors (Lipinski definition) is 4. The fraction of sp³-hybridized carbons (Fsp3) is 0.467. The molecule has 2 heterocycles. The molecule has 112 valence electrons. The summed E-state index contributed by atoms with van der Waals surface area (Å²) in [7, 11) is 2.12. The molecule has 6 nitrogen and oxygen atoms in total. The molecule has 0 saturated carbocycles. The Hall–Kier alpha value is -2.08. The Morgan fingerprint density at radius 3 is 2.62 bits per heavy atom. The second kappa shape index (κ2) is 5.37. The van der Waals surface area contributed by atoms with Gasteiger partial charge in [-0.15, -0.1) is 0 Å². The van der Waals surface area contributed by atoms with Gasteiger partial charge in [-0.25, -0.2) is 14.5 Å². The molecule has 3 rings (SSSR count). The van der Waals surface area contributed by atoms with Crippen molar-refractivity contribution in [3.8, 4) is 0 Å². The summed E-state index contributed by atoms with van der Waals surface area (Å²) < 4.78 is 2.11. The second-order valence-corrected chi connectivity index (χ2v) is 5.46. The normalized spacial score (nSPS) is 16.6. The molecule has 1 N–H and O–H groups in total. The standard InChI is InChI=1S/C15H20N4O2/c1-3-14-16-12-5-4-11(15(20)21)10-13(12)19(14)18-8-6-17(2)7-9-18/h4-5,10H,3,6-9H2,1-2H3,(H,20,21). The maximum Gasteiger partial charge on any atom is 0.335 e. The molecule has 0 amide bonds. The number of rotatable bonds is 3. The van der Waals surface area contributed by atoms with E-state index < -0.39 is 5.97 Å². The van der Waals surface area contributed by atoms with E-state index >= 15 is 0 Å². The van der Waals surface area contributed by atoms with Gasteiger partial charge in [-0.1, -0.05) is 6.92 Å². The van der Waals surface area contributed by atoms with E-state index in [9.17, 15) is 9.90 Å². The van der Waals surface area contributed by atoms with Crippen LogP contribution in [0.2, 0.25) is 0 Å². The van der Waals surface area contributed by atoms with Crippen molar-refractivity contribution in [3.05, 3.63) is 29.6 Å². The number of nitrogens with zero attached hydrogens (tertiary/aromatic N) is 4. The van der Waals surface area contributed by atoms with Crippen molar-refractivity contribution in [1.82, 2.24) is 14.6 Å². The summed E-state index contributed by atoms with van der Waals surface area (Å²) in [6.07, 6.45) is 0.823. The van der Waals surface area contributed by atoms with E-state index in [1.165, 1.54) is 0 Å². The third kappa shape index (κ3) is 2.47. The Morgan fingerprint density at radius 2 is 2.00 bits per heavy atom. The Labute approximate surface area is 123 Å². The van der Waals surface area contributed by atoms with Crippen molar-refractivity contribution in [2.75, 3.05) is 38.2 Å². The molecule has 1 aliphatic heterocycles. The van der Waals surface area contributed by atoms with E-state index in [4.69, 9.17) is 0 Å². The summed E-state index contributed by atoms with van der Waals surface area (Å²) in [5, 5.41) is 11.5. The molecular formula is C15H20N4O2. The van der Waals surface area contributed by atoms with Crippen LogP contribution in [0.3, 0.4) is 0 Å². The smallest absolute Gasteiger partial charge is 0.335 e. The zero-order valence-corrected chi connectivity index (χ0v) is 12.4. The molecule has 2 aromatic rings. The minimum atomic E-state index is -0.902. The van der Waals surface area contributed by atoms with E-state index in [0.717, 1.165) is 49.5 Å². The van der Waals surface area contributed by atoms with Crippen LogP contribution in [0.1, 0.15) is 23.1 Å². The van der Waals surface area contributed by atoms with Crippen molar-refractivity contribution < 1.29 is 9.90 Å². The lowest BCUT2D eigenvalue weighted by Crippen LogP contribution is -2.50. The van der Waals surface area contributed by atoms with E-state index in [2.05, 4.69) is 33.5 Å². The molecule has 1 saturated heterocycles. The number of carboxylic acids is 1. The topological polar surface area (TPSA) is 61.6 Å². The minimum Gasteiger partial charge on any atom is -0.478 e. The predicted molar refractivity (Wildman–Crippen MR) is 81.5 cm³/mol. The molecule has 0 atom stereocenters. The van der Waals surface area contributed by atoms with Gasteiger partial charge in [-0.2, -0.15) is 0 Å². The first kappa shape index (κ1) is 13.9. The van der Waals surface area contributed by atoms with E-state index in [0.29, 0.717) is 5.56 Å². The third-order valence-corrected chi connectivity index (χ3v) is 4.02. The van der Waals surface area contributed by atoms with Crippen LogP contribution >= 0.6 is 0 Å². The summed E-state index contributed by atoms with van der Waals surface area (Å²) in [5.41, 5.74) is 2.05. The average molecular weight is 288 g/mol. The maximum absolute atomic E-state index is 11.2. The molecular weight excluding hydrogens is 268 g/mol. The molecule has 0 radical (unpaired) electrons. The number of likely N-dealkylation sites (N-methyl/N-ethyl adjacent to an activating group) is 1. The lowest BCUT2D eigenvalue weighted by molar-refractivity contribution is 0.0697. The number of benzene rings is 1. The van der Waals surface area contributed by atoms with Crippen LogP contribution in [0, 0.1) is 0 Å². The van der Waals surface area contributed by atoms with E-state index in [-0.39, 0.29) is 0 Å². The monoisotopic (exact) mass is 288 g/mol. The lowest BCUT2D eigenvalue weighted by Gasteiger charge is -2.35. The van der Waals surface area contributed by atoms with Gasteiger partial charge in [0.2, 0.25) is 0 Å². The molecule has 1 aliphatic rings. The van der Waals surface area contributed by atoms with Crippen molar-refractivity contribution in [2.24, 2.45) is 0 Å². The van der Waals surface area contributed by atoms with Gasteiger partial charge < -0.3 is 15.0 Å². The van der Waals surface area contributed by atoms with Crippen LogP contribution < -0.4 is 5.01 Å². The third-order valence-electron chi connectivity index (χ3n) is 4.02. The molecule has 21 heavy (non-hydrogen) atoms. The fourth-order valence-electron chi connectivity index (χ4n) is 2.79. The summed E-state index contributed by atoms with van der Waals surface area (Å²) in [5.74, 6) is 0.0816. The summed E-state index contributed by atoms with van der Waals surface area (Å²) in [6, 6.07) is 5.14. The van der Waals surface area contributed by atoms with Gasteiger partial charge in [0.25, 0.3) is 0 Å². The average Bonchev–Trinajstić information content (AvgIpc) is 2.85. The van der Waals surface area contributed by atoms with E-state index in [1.807, 2.05) is 0 Å². The van der Waals surface area contributed by atoms with Crippen LogP contribution in [0.5, 0.6) is 0 Å². The highest BCUT2D eigenvalue weighted by atomic mass is 16.4.